The molecule has 0 radical (unpaired) electrons. The van der Waals surface area contributed by atoms with Gasteiger partial charge in [-0.05, 0) is 46.1 Å². The van der Waals surface area contributed by atoms with Crippen LogP contribution in [-0.2, 0) is 11.3 Å². The molecule has 6 nitrogen and oxygen atoms in total. The van der Waals surface area contributed by atoms with Gasteiger partial charge in [0.2, 0.25) is 5.91 Å². The van der Waals surface area contributed by atoms with Gasteiger partial charge in [-0.3, -0.25) is 9.48 Å². The van der Waals surface area contributed by atoms with E-state index in [4.69, 9.17) is 0 Å². The highest BCUT2D eigenvalue weighted by Gasteiger charge is 2.30. The predicted octanol–water partition coefficient (Wildman–Crippen LogP) is 2.34. The third-order valence-corrected chi connectivity index (χ3v) is 4.73. The number of hydrogen-bond acceptors (Lipinski definition) is 3. The molecule has 0 aromatic carbocycles. The Morgan fingerprint density at radius 2 is 2.22 bits per heavy atom. The maximum atomic E-state index is 12.9. The monoisotopic (exact) mass is 315 g/mol. The van der Waals surface area contributed by atoms with Crippen molar-refractivity contribution >= 4 is 5.91 Å². The van der Waals surface area contributed by atoms with Gasteiger partial charge in [0.05, 0.1) is 24.6 Å². The van der Waals surface area contributed by atoms with Gasteiger partial charge < -0.3 is 9.47 Å². The molecule has 0 aliphatic carbocycles. The number of piperidine rings is 1. The van der Waals surface area contributed by atoms with E-state index >= 15 is 0 Å². The molecule has 3 rings (SSSR count). The SMILES string of the molecule is Cc1cc(C)n(C[C@@H]2CCCCN2C(=O)[C@H](C)n2ccnc2)n1. The Morgan fingerprint density at radius 3 is 2.87 bits per heavy atom. The first-order valence-corrected chi connectivity index (χ1v) is 8.35. The Morgan fingerprint density at radius 1 is 1.39 bits per heavy atom. The van der Waals surface area contributed by atoms with E-state index in [0.717, 1.165) is 37.3 Å². The lowest BCUT2D eigenvalue weighted by atomic mass is 10.0. The second-order valence-electron chi connectivity index (χ2n) is 6.48. The van der Waals surface area contributed by atoms with Gasteiger partial charge in [-0.1, -0.05) is 0 Å². The Kier molecular flexibility index (Phi) is 4.50. The van der Waals surface area contributed by atoms with Crippen molar-refractivity contribution < 1.29 is 4.79 Å². The minimum atomic E-state index is -0.210. The summed E-state index contributed by atoms with van der Waals surface area (Å²) in [6.45, 7) is 7.64. The molecule has 23 heavy (non-hydrogen) atoms. The van der Waals surface area contributed by atoms with Gasteiger partial charge in [0.25, 0.3) is 0 Å². The van der Waals surface area contributed by atoms with Crippen molar-refractivity contribution in [3.63, 3.8) is 0 Å². The number of rotatable bonds is 4. The van der Waals surface area contributed by atoms with E-state index in [2.05, 4.69) is 23.1 Å². The van der Waals surface area contributed by atoms with Crippen molar-refractivity contribution in [3.05, 3.63) is 36.2 Å². The largest absolute Gasteiger partial charge is 0.336 e. The van der Waals surface area contributed by atoms with Gasteiger partial charge in [0, 0.05) is 24.6 Å². The molecule has 1 aliphatic rings. The van der Waals surface area contributed by atoms with Crippen LogP contribution in [0.4, 0.5) is 0 Å². The zero-order valence-electron chi connectivity index (χ0n) is 14.1. The average Bonchev–Trinajstić information content (AvgIpc) is 3.17. The number of aryl methyl sites for hydroxylation is 2. The van der Waals surface area contributed by atoms with Gasteiger partial charge in [0.15, 0.2) is 0 Å². The van der Waals surface area contributed by atoms with Gasteiger partial charge in [-0.15, -0.1) is 0 Å². The molecule has 1 aliphatic heterocycles. The molecule has 1 saturated heterocycles. The molecule has 0 unspecified atom stereocenters. The van der Waals surface area contributed by atoms with Crippen LogP contribution < -0.4 is 0 Å². The molecule has 0 spiro atoms. The average molecular weight is 315 g/mol. The van der Waals surface area contributed by atoms with E-state index in [1.54, 1.807) is 12.5 Å². The molecule has 124 valence electrons. The Bertz CT molecular complexity index is 661. The topological polar surface area (TPSA) is 56.0 Å². The quantitative estimate of drug-likeness (QED) is 0.870. The fourth-order valence-corrected chi connectivity index (χ4v) is 3.41. The molecular weight excluding hydrogens is 290 g/mol. The summed E-state index contributed by atoms with van der Waals surface area (Å²) in [7, 11) is 0. The first-order valence-electron chi connectivity index (χ1n) is 8.35. The highest BCUT2D eigenvalue weighted by Crippen LogP contribution is 2.22. The number of likely N-dealkylation sites (tertiary alicyclic amines) is 1. The number of imidazole rings is 1. The van der Waals surface area contributed by atoms with Crippen LogP contribution in [0, 0.1) is 13.8 Å². The number of amides is 1. The maximum absolute atomic E-state index is 12.9. The predicted molar refractivity (Wildman–Crippen MR) is 88.0 cm³/mol. The van der Waals surface area contributed by atoms with E-state index in [-0.39, 0.29) is 18.0 Å². The molecule has 6 heteroatoms. The summed E-state index contributed by atoms with van der Waals surface area (Å²) in [5, 5.41) is 4.56. The molecule has 0 saturated carbocycles. The fourth-order valence-electron chi connectivity index (χ4n) is 3.41. The number of carbonyl (C=O) groups excluding carboxylic acids is 1. The van der Waals surface area contributed by atoms with Gasteiger partial charge in [-0.2, -0.15) is 5.10 Å². The van der Waals surface area contributed by atoms with E-state index in [1.165, 1.54) is 6.42 Å². The minimum absolute atomic E-state index is 0.175. The second-order valence-corrected chi connectivity index (χ2v) is 6.48. The zero-order chi connectivity index (χ0) is 16.4. The first-order chi connectivity index (χ1) is 11.1. The third-order valence-electron chi connectivity index (χ3n) is 4.73. The Balaban J connectivity index is 1.75. The van der Waals surface area contributed by atoms with E-state index in [0.29, 0.717) is 0 Å². The van der Waals surface area contributed by atoms with Crippen LogP contribution in [0.2, 0.25) is 0 Å². The zero-order valence-corrected chi connectivity index (χ0v) is 14.1. The highest BCUT2D eigenvalue weighted by molar-refractivity contribution is 5.80. The summed E-state index contributed by atoms with van der Waals surface area (Å²) in [5.41, 5.74) is 2.19. The van der Waals surface area contributed by atoms with Crippen molar-refractivity contribution in [1.29, 1.82) is 0 Å². The number of carbonyl (C=O) groups is 1. The summed E-state index contributed by atoms with van der Waals surface area (Å²) in [6.07, 6.45) is 8.57. The normalized spacial score (nSPS) is 19.8. The lowest BCUT2D eigenvalue weighted by Gasteiger charge is -2.37. The van der Waals surface area contributed by atoms with Crippen molar-refractivity contribution in [2.45, 2.75) is 58.7 Å². The molecule has 1 amide bonds. The minimum Gasteiger partial charge on any atom is -0.336 e. The van der Waals surface area contributed by atoms with Crippen LogP contribution >= 0.6 is 0 Å². The summed E-state index contributed by atoms with van der Waals surface area (Å²) < 4.78 is 3.91. The molecule has 1 fully saturated rings. The lowest BCUT2D eigenvalue weighted by Crippen LogP contribution is -2.48. The van der Waals surface area contributed by atoms with Crippen molar-refractivity contribution in [2.24, 2.45) is 0 Å². The molecule has 2 atom stereocenters. The van der Waals surface area contributed by atoms with Gasteiger partial charge in [0.1, 0.15) is 6.04 Å². The van der Waals surface area contributed by atoms with Crippen molar-refractivity contribution in [3.8, 4) is 0 Å². The molecule has 0 bridgehead atoms. The van der Waals surface area contributed by atoms with Gasteiger partial charge in [-0.25, -0.2) is 4.98 Å². The van der Waals surface area contributed by atoms with E-state index < -0.39 is 0 Å². The molecule has 0 N–H and O–H groups in total. The number of nitrogens with zero attached hydrogens (tertiary/aromatic N) is 5. The van der Waals surface area contributed by atoms with Crippen molar-refractivity contribution in [2.75, 3.05) is 6.54 Å². The fraction of sp³-hybridized carbons (Fsp3) is 0.588. The second kappa shape index (κ2) is 6.56. The van der Waals surface area contributed by atoms with E-state index in [9.17, 15) is 4.79 Å². The third kappa shape index (κ3) is 3.30. The van der Waals surface area contributed by atoms with Crippen LogP contribution in [0.25, 0.3) is 0 Å². The van der Waals surface area contributed by atoms with Crippen LogP contribution in [0.3, 0.4) is 0 Å². The Labute approximate surface area is 137 Å². The van der Waals surface area contributed by atoms with E-state index in [1.807, 2.05) is 34.2 Å². The highest BCUT2D eigenvalue weighted by atomic mass is 16.2. The molecule has 3 heterocycles. The van der Waals surface area contributed by atoms with Crippen LogP contribution in [0.15, 0.2) is 24.8 Å². The lowest BCUT2D eigenvalue weighted by molar-refractivity contribution is -0.138. The summed E-state index contributed by atoms with van der Waals surface area (Å²) in [4.78, 5) is 19.0. The number of aromatic nitrogens is 4. The van der Waals surface area contributed by atoms with Crippen molar-refractivity contribution in [1.82, 2.24) is 24.2 Å². The maximum Gasteiger partial charge on any atom is 0.245 e. The molecule has 2 aromatic rings. The van der Waals surface area contributed by atoms with Crippen LogP contribution in [0.1, 0.15) is 43.6 Å². The molecular formula is C17H25N5O. The Hall–Kier alpha value is -2.11. The van der Waals surface area contributed by atoms with Gasteiger partial charge >= 0.3 is 0 Å². The summed E-state index contributed by atoms with van der Waals surface area (Å²) in [6, 6.07) is 2.10. The smallest absolute Gasteiger partial charge is 0.245 e. The molecule has 2 aromatic heterocycles. The first kappa shape index (κ1) is 15.8. The summed E-state index contributed by atoms with van der Waals surface area (Å²) in [5.74, 6) is 0.175. The number of hydrogen-bond donors (Lipinski definition) is 0. The van der Waals surface area contributed by atoms with Crippen LogP contribution in [-0.4, -0.2) is 42.7 Å². The summed E-state index contributed by atoms with van der Waals surface area (Å²) >= 11 is 0. The standard InChI is InChI=1S/C17H25N5O/c1-13-10-14(2)22(19-13)11-16-6-4-5-8-21(16)17(23)15(3)20-9-7-18-12-20/h7,9-10,12,15-16H,4-6,8,11H2,1-3H3/t15-,16-/m0/s1. The van der Waals surface area contributed by atoms with Crippen LogP contribution in [0.5, 0.6) is 0 Å².